The average molecular weight is 699 g/mol. The summed E-state index contributed by atoms with van der Waals surface area (Å²) in [5, 5.41) is 16.8. The first kappa shape index (κ1) is 33.5. The van der Waals surface area contributed by atoms with Crippen LogP contribution < -0.4 is 15.4 Å². The monoisotopic (exact) mass is 698 g/mol. The number of halogens is 3. The Bertz CT molecular complexity index is 2130. The van der Waals surface area contributed by atoms with Crippen molar-refractivity contribution < 1.29 is 23.4 Å². The van der Waals surface area contributed by atoms with Crippen molar-refractivity contribution in [3.8, 4) is 43.9 Å². The fourth-order valence-corrected chi connectivity index (χ4v) is 6.04. The number of phenolic OH excluding ortho intramolecular Hbond substituents is 1. The van der Waals surface area contributed by atoms with Crippen LogP contribution >= 0.6 is 22.9 Å². The Morgan fingerprint density at radius 2 is 1.76 bits per heavy atom. The second-order valence-electron chi connectivity index (χ2n) is 11.1. The summed E-state index contributed by atoms with van der Waals surface area (Å²) < 4.78 is 33.8. The molecule has 4 aromatic carbocycles. The number of hydrogen-bond acceptors (Lipinski definition) is 9. The Labute approximate surface area is 289 Å². The fraction of sp³-hybridized carbons (Fsp3) is 0.111. The van der Waals surface area contributed by atoms with E-state index in [0.29, 0.717) is 61.5 Å². The van der Waals surface area contributed by atoms with Crippen molar-refractivity contribution in [3.63, 3.8) is 0 Å². The second-order valence-corrected chi connectivity index (χ2v) is 12.5. The number of rotatable bonds is 11. The quantitative estimate of drug-likeness (QED) is 0.124. The molecule has 0 unspecified atom stereocenters. The fourth-order valence-electron chi connectivity index (χ4n) is 4.74. The minimum atomic E-state index is -0.838. The summed E-state index contributed by atoms with van der Waals surface area (Å²) in [6.45, 7) is 1.24. The molecule has 0 aliphatic carbocycles. The van der Waals surface area contributed by atoms with Crippen LogP contribution in [0.15, 0.2) is 97.2 Å². The van der Waals surface area contributed by atoms with Gasteiger partial charge in [0.25, 0.3) is 5.91 Å². The Hall–Kier alpha value is -5.43. The van der Waals surface area contributed by atoms with Crippen molar-refractivity contribution in [3.05, 3.63) is 119 Å². The van der Waals surface area contributed by atoms with Gasteiger partial charge in [0.15, 0.2) is 0 Å². The summed E-state index contributed by atoms with van der Waals surface area (Å²) in [5.41, 5.74) is 3.15. The molecular weight excluding hydrogens is 670 g/mol. The number of ether oxygens (including phenoxy) is 1. The molecule has 0 aliphatic heterocycles. The summed E-state index contributed by atoms with van der Waals surface area (Å²) in [4.78, 5) is 29.7. The summed E-state index contributed by atoms with van der Waals surface area (Å²) in [7, 11) is 3.93. The van der Waals surface area contributed by atoms with Gasteiger partial charge in [-0.1, -0.05) is 23.7 Å². The highest BCUT2D eigenvalue weighted by atomic mass is 35.5. The Kier molecular flexibility index (Phi) is 10.1. The predicted octanol–water partition coefficient (Wildman–Crippen LogP) is 8.51. The van der Waals surface area contributed by atoms with E-state index in [-0.39, 0.29) is 5.75 Å². The van der Waals surface area contributed by atoms with Crippen LogP contribution in [0.3, 0.4) is 0 Å². The van der Waals surface area contributed by atoms with Gasteiger partial charge in [-0.25, -0.2) is 23.7 Å². The normalized spacial score (nSPS) is 11.1. The number of phenols is 1. The van der Waals surface area contributed by atoms with Crippen molar-refractivity contribution in [2.75, 3.05) is 37.9 Å². The van der Waals surface area contributed by atoms with Gasteiger partial charge in [0.05, 0.1) is 26.9 Å². The first-order chi connectivity index (χ1) is 23.6. The molecule has 248 valence electrons. The zero-order valence-electron chi connectivity index (χ0n) is 26.2. The highest BCUT2D eigenvalue weighted by molar-refractivity contribution is 7.18. The van der Waals surface area contributed by atoms with Gasteiger partial charge in [0.2, 0.25) is 5.95 Å². The van der Waals surface area contributed by atoms with E-state index in [9.17, 15) is 18.7 Å². The van der Waals surface area contributed by atoms with E-state index in [4.69, 9.17) is 26.3 Å². The van der Waals surface area contributed by atoms with E-state index >= 15 is 0 Å². The van der Waals surface area contributed by atoms with Crippen LogP contribution in [0, 0.1) is 11.6 Å². The van der Waals surface area contributed by atoms with Crippen molar-refractivity contribution >= 4 is 46.2 Å². The number of nitrogens with one attached hydrogen (secondary N) is 2. The molecule has 2 heterocycles. The minimum absolute atomic E-state index is 0.124. The molecule has 0 bridgehead atoms. The SMILES string of the molecule is CN(C)CCOc1ccc(Nc2nccc(-c3sc(-c4ccc(O)cc4)nc3-c3cccc(NC(=O)c4cc(F)ccc4F)c3)n2)cc1Cl. The Morgan fingerprint density at radius 3 is 2.53 bits per heavy atom. The van der Waals surface area contributed by atoms with E-state index in [1.807, 2.05) is 31.1 Å². The summed E-state index contributed by atoms with van der Waals surface area (Å²) in [6, 6.07) is 23.4. The molecule has 0 radical (unpaired) electrons. The third-order valence-electron chi connectivity index (χ3n) is 7.18. The van der Waals surface area contributed by atoms with Crippen molar-refractivity contribution in [2.24, 2.45) is 0 Å². The number of nitrogens with zero attached hydrogens (tertiary/aromatic N) is 4. The molecule has 13 heteroatoms. The number of carbonyl (C=O) groups is 1. The number of thiazole rings is 1. The Balaban J connectivity index is 1.32. The molecule has 6 rings (SSSR count). The molecule has 49 heavy (non-hydrogen) atoms. The van der Waals surface area contributed by atoms with Gasteiger partial charge in [-0.3, -0.25) is 4.79 Å². The van der Waals surface area contributed by atoms with Gasteiger partial charge < -0.3 is 25.4 Å². The van der Waals surface area contributed by atoms with Gasteiger partial charge in [-0.2, -0.15) is 0 Å². The van der Waals surface area contributed by atoms with Crippen LogP contribution in [0.2, 0.25) is 5.02 Å². The van der Waals surface area contributed by atoms with Gasteiger partial charge >= 0.3 is 0 Å². The number of anilines is 3. The maximum absolute atomic E-state index is 14.3. The van der Waals surface area contributed by atoms with Gasteiger partial charge in [-0.15, -0.1) is 11.3 Å². The molecule has 2 aromatic heterocycles. The molecule has 0 fully saturated rings. The molecule has 0 saturated carbocycles. The van der Waals surface area contributed by atoms with Crippen LogP contribution in [0.4, 0.5) is 26.1 Å². The molecule has 0 spiro atoms. The zero-order valence-corrected chi connectivity index (χ0v) is 27.8. The predicted molar refractivity (Wildman–Crippen MR) is 189 cm³/mol. The number of benzene rings is 4. The molecule has 1 amide bonds. The summed E-state index contributed by atoms with van der Waals surface area (Å²) in [5.74, 6) is -1.35. The first-order valence-electron chi connectivity index (χ1n) is 15.0. The van der Waals surface area contributed by atoms with E-state index in [1.54, 1.807) is 66.9 Å². The molecule has 0 aliphatic rings. The number of aromatic hydroxyl groups is 1. The lowest BCUT2D eigenvalue weighted by Crippen LogP contribution is -2.19. The van der Waals surface area contributed by atoms with Gasteiger partial charge in [0.1, 0.15) is 34.7 Å². The highest BCUT2D eigenvalue weighted by Gasteiger charge is 2.20. The molecular formula is C36H29ClF2N6O3S. The third kappa shape index (κ3) is 8.18. The van der Waals surface area contributed by atoms with Crippen molar-refractivity contribution in [2.45, 2.75) is 0 Å². The first-order valence-corrected chi connectivity index (χ1v) is 16.2. The van der Waals surface area contributed by atoms with Crippen molar-refractivity contribution in [1.29, 1.82) is 0 Å². The minimum Gasteiger partial charge on any atom is -0.508 e. The van der Waals surface area contributed by atoms with E-state index in [1.165, 1.54) is 11.3 Å². The maximum atomic E-state index is 14.3. The van der Waals surface area contributed by atoms with E-state index < -0.39 is 23.1 Å². The van der Waals surface area contributed by atoms with Gasteiger partial charge in [-0.05, 0) is 93.0 Å². The zero-order chi connectivity index (χ0) is 34.5. The number of aromatic nitrogens is 3. The molecule has 0 saturated heterocycles. The van der Waals surface area contributed by atoms with Gasteiger partial charge in [0, 0.05) is 35.2 Å². The summed E-state index contributed by atoms with van der Waals surface area (Å²) >= 11 is 7.87. The molecule has 6 aromatic rings. The lowest BCUT2D eigenvalue weighted by Gasteiger charge is -2.13. The van der Waals surface area contributed by atoms with Crippen LogP contribution in [0.1, 0.15) is 10.4 Å². The number of amides is 1. The maximum Gasteiger partial charge on any atom is 0.258 e. The molecule has 3 N–H and O–H groups in total. The molecule has 0 atom stereocenters. The van der Waals surface area contributed by atoms with Crippen LogP contribution in [-0.4, -0.2) is 58.1 Å². The standard InChI is InChI=1S/C36H29ClF2N6O3S/c1-45(2)16-17-48-31-13-9-25(20-28(31)37)42-36-40-15-14-30(43-36)33-32(44-35(49-33)21-6-10-26(46)11-7-21)22-4-3-5-24(18-22)41-34(47)27-19-23(38)8-12-29(27)39/h3-15,18-20,46H,16-17H2,1-2H3,(H,41,47)(H,40,42,43). The Morgan fingerprint density at radius 1 is 0.939 bits per heavy atom. The smallest absolute Gasteiger partial charge is 0.258 e. The van der Waals surface area contributed by atoms with E-state index in [2.05, 4.69) is 15.6 Å². The lowest BCUT2D eigenvalue weighted by atomic mass is 10.1. The number of carbonyl (C=O) groups excluding carboxylic acids is 1. The number of likely N-dealkylation sites (N-methyl/N-ethyl adjacent to an activating group) is 1. The topological polar surface area (TPSA) is 113 Å². The van der Waals surface area contributed by atoms with Crippen LogP contribution in [0.25, 0.3) is 32.4 Å². The number of hydrogen-bond donors (Lipinski definition) is 3. The van der Waals surface area contributed by atoms with Crippen LogP contribution in [-0.2, 0) is 0 Å². The summed E-state index contributed by atoms with van der Waals surface area (Å²) in [6.07, 6.45) is 1.62. The van der Waals surface area contributed by atoms with E-state index in [0.717, 1.165) is 30.3 Å². The highest BCUT2D eigenvalue weighted by Crippen LogP contribution is 2.41. The largest absolute Gasteiger partial charge is 0.508 e. The van der Waals surface area contributed by atoms with Crippen LogP contribution in [0.5, 0.6) is 11.5 Å². The van der Waals surface area contributed by atoms with Crippen molar-refractivity contribution in [1.82, 2.24) is 19.9 Å². The third-order valence-corrected chi connectivity index (χ3v) is 8.60. The lowest BCUT2D eigenvalue weighted by molar-refractivity contribution is 0.102. The molecule has 9 nitrogen and oxygen atoms in total. The average Bonchev–Trinajstić information content (AvgIpc) is 3.53. The second kappa shape index (κ2) is 14.8.